The van der Waals surface area contributed by atoms with Crippen LogP contribution >= 0.6 is 34.0 Å². The Hall–Kier alpha value is -2.98. The summed E-state index contributed by atoms with van der Waals surface area (Å²) in [6.07, 6.45) is 0. The van der Waals surface area contributed by atoms with E-state index in [1.54, 1.807) is 0 Å². The molecule has 3 heteroatoms. The first-order valence-electron chi connectivity index (χ1n) is 10.3. The number of rotatable bonds is 0. The van der Waals surface area contributed by atoms with E-state index < -0.39 is 0 Å². The zero-order valence-electron chi connectivity index (χ0n) is 16.3. The molecule has 0 aliphatic carbocycles. The van der Waals surface area contributed by atoms with Gasteiger partial charge in [0.2, 0.25) is 0 Å². The van der Waals surface area contributed by atoms with Gasteiger partial charge in [0, 0.05) is 60.5 Å². The zero-order chi connectivity index (χ0) is 20.1. The molecule has 0 nitrogen and oxygen atoms in total. The van der Waals surface area contributed by atoms with Crippen molar-refractivity contribution >= 4 is 105 Å². The molecule has 3 aromatic heterocycles. The summed E-state index contributed by atoms with van der Waals surface area (Å²) in [4.78, 5) is 0. The van der Waals surface area contributed by atoms with Crippen LogP contribution in [0.25, 0.3) is 71.3 Å². The quantitative estimate of drug-likeness (QED) is 0.217. The van der Waals surface area contributed by atoms with Crippen LogP contribution in [0, 0.1) is 0 Å². The highest BCUT2D eigenvalue weighted by molar-refractivity contribution is 7.28. The van der Waals surface area contributed by atoms with Crippen molar-refractivity contribution in [3.05, 3.63) is 84.9 Å². The maximum Gasteiger partial charge on any atom is 0.0362 e. The van der Waals surface area contributed by atoms with Gasteiger partial charge in [-0.05, 0) is 53.2 Å². The third kappa shape index (κ3) is 2.23. The van der Waals surface area contributed by atoms with E-state index in [2.05, 4.69) is 84.9 Å². The maximum atomic E-state index is 2.43. The summed E-state index contributed by atoms with van der Waals surface area (Å²) >= 11 is 5.75. The van der Waals surface area contributed by atoms with Crippen LogP contribution in [0.5, 0.6) is 0 Å². The van der Waals surface area contributed by atoms with Gasteiger partial charge in [0.05, 0.1) is 0 Å². The van der Waals surface area contributed by atoms with E-state index in [0.717, 1.165) is 0 Å². The van der Waals surface area contributed by atoms with Gasteiger partial charge in [-0.15, -0.1) is 34.0 Å². The molecule has 0 amide bonds. The number of hydrogen-bond donors (Lipinski definition) is 0. The first kappa shape index (κ1) is 16.7. The van der Waals surface area contributed by atoms with E-state index >= 15 is 0 Å². The Balaban J connectivity index is 1.49. The van der Waals surface area contributed by atoms with Gasteiger partial charge >= 0.3 is 0 Å². The Morgan fingerprint density at radius 3 is 1.39 bits per heavy atom. The van der Waals surface area contributed by atoms with Crippen LogP contribution in [0.2, 0.25) is 0 Å². The van der Waals surface area contributed by atoms with Crippen molar-refractivity contribution in [1.29, 1.82) is 0 Å². The van der Waals surface area contributed by atoms with Crippen LogP contribution in [-0.4, -0.2) is 0 Å². The highest BCUT2D eigenvalue weighted by atomic mass is 32.1. The second kappa shape index (κ2) is 5.83. The summed E-state index contributed by atoms with van der Waals surface area (Å²) < 4.78 is 8.29. The van der Waals surface area contributed by atoms with Gasteiger partial charge < -0.3 is 0 Å². The highest BCUT2D eigenvalue weighted by Crippen LogP contribution is 2.45. The Bertz CT molecular complexity index is 1990. The summed E-state index contributed by atoms with van der Waals surface area (Å²) in [6.45, 7) is 0. The molecule has 31 heavy (non-hydrogen) atoms. The zero-order valence-corrected chi connectivity index (χ0v) is 18.8. The van der Waals surface area contributed by atoms with Crippen molar-refractivity contribution < 1.29 is 0 Å². The number of fused-ring (bicyclic) bond motifs is 10. The normalized spacial score (nSPS) is 12.5. The van der Waals surface area contributed by atoms with Crippen molar-refractivity contribution in [1.82, 2.24) is 0 Å². The predicted octanol–water partition coefficient (Wildman–Crippen LogP) is 9.94. The Morgan fingerprint density at radius 2 is 0.742 bits per heavy atom. The van der Waals surface area contributed by atoms with Crippen molar-refractivity contribution in [2.75, 3.05) is 0 Å². The smallest absolute Gasteiger partial charge is 0.0362 e. The van der Waals surface area contributed by atoms with Gasteiger partial charge in [0.1, 0.15) is 0 Å². The topological polar surface area (TPSA) is 0 Å². The fourth-order valence-corrected chi connectivity index (χ4v) is 8.38. The Morgan fingerprint density at radius 1 is 0.323 bits per heavy atom. The summed E-state index contributed by atoms with van der Waals surface area (Å²) in [6, 6.07) is 31.8. The van der Waals surface area contributed by atoms with Gasteiger partial charge in [-0.1, -0.05) is 42.5 Å². The highest BCUT2D eigenvalue weighted by Gasteiger charge is 2.14. The second-order valence-electron chi connectivity index (χ2n) is 8.19. The van der Waals surface area contributed by atoms with Crippen LogP contribution in [0.1, 0.15) is 0 Å². The predicted molar refractivity (Wildman–Crippen MR) is 143 cm³/mol. The van der Waals surface area contributed by atoms with Gasteiger partial charge in [-0.2, -0.15) is 0 Å². The van der Waals surface area contributed by atoms with Crippen molar-refractivity contribution in [2.45, 2.75) is 0 Å². The lowest BCUT2D eigenvalue weighted by atomic mass is 10.0. The van der Waals surface area contributed by atoms with Gasteiger partial charge in [-0.25, -0.2) is 0 Å². The molecular formula is C28H14S3. The number of thiophene rings is 3. The SMILES string of the molecule is c1ccc2cc3c(cc2c1)sc1cc2c(cc13)sc1cc3c(cc12)sc1ccccc13. The van der Waals surface area contributed by atoms with Crippen molar-refractivity contribution in [3.8, 4) is 0 Å². The molecule has 0 aliphatic heterocycles. The molecule has 0 aliphatic rings. The fraction of sp³-hybridized carbons (Fsp3) is 0. The summed E-state index contributed by atoms with van der Waals surface area (Å²) in [7, 11) is 0. The van der Waals surface area contributed by atoms with Crippen LogP contribution in [0.3, 0.4) is 0 Å². The van der Waals surface area contributed by atoms with E-state index in [-0.39, 0.29) is 0 Å². The molecule has 0 spiro atoms. The van der Waals surface area contributed by atoms with Crippen molar-refractivity contribution in [3.63, 3.8) is 0 Å². The lowest BCUT2D eigenvalue weighted by Crippen LogP contribution is -1.72. The standard InChI is InChI=1S/C28H14S3/c1-2-6-16-10-24-18(9-15(16)5-1)20-12-28-22(14-27(20)30-24)21-13-25-19(11-26(21)31-28)17-7-3-4-8-23(17)29-25/h1-14H. The first-order chi connectivity index (χ1) is 15.3. The summed E-state index contributed by atoms with van der Waals surface area (Å²) in [5.41, 5.74) is 0. The molecule has 0 saturated carbocycles. The molecule has 144 valence electrons. The molecule has 0 N–H and O–H groups in total. The lowest BCUT2D eigenvalue weighted by molar-refractivity contribution is 1.82. The third-order valence-corrected chi connectivity index (χ3v) is 9.79. The molecule has 0 fully saturated rings. The molecular weight excluding hydrogens is 433 g/mol. The largest absolute Gasteiger partial charge is 0.135 e. The molecule has 0 atom stereocenters. The molecule has 0 radical (unpaired) electrons. The second-order valence-corrected chi connectivity index (χ2v) is 11.4. The van der Waals surface area contributed by atoms with Gasteiger partial charge in [0.15, 0.2) is 0 Å². The minimum Gasteiger partial charge on any atom is -0.135 e. The van der Waals surface area contributed by atoms with Gasteiger partial charge in [-0.3, -0.25) is 0 Å². The molecule has 0 saturated heterocycles. The summed E-state index contributed by atoms with van der Waals surface area (Å²) in [5.74, 6) is 0. The molecule has 8 rings (SSSR count). The average Bonchev–Trinajstić information content (AvgIpc) is 3.44. The lowest BCUT2D eigenvalue weighted by Gasteiger charge is -1.98. The molecule has 5 aromatic carbocycles. The number of benzene rings is 5. The monoisotopic (exact) mass is 446 g/mol. The molecule has 8 aromatic rings. The van der Waals surface area contributed by atoms with E-state index in [9.17, 15) is 0 Å². The summed E-state index contributed by atoms with van der Waals surface area (Å²) in [5, 5.41) is 11.0. The fourth-order valence-electron chi connectivity index (χ4n) is 4.95. The maximum absolute atomic E-state index is 2.43. The van der Waals surface area contributed by atoms with Crippen LogP contribution < -0.4 is 0 Å². The minimum absolute atomic E-state index is 1.32. The Labute approximate surface area is 189 Å². The van der Waals surface area contributed by atoms with Crippen LogP contribution in [0.15, 0.2) is 84.9 Å². The van der Waals surface area contributed by atoms with E-state index in [0.29, 0.717) is 0 Å². The van der Waals surface area contributed by atoms with E-state index in [4.69, 9.17) is 0 Å². The Kier molecular flexibility index (Phi) is 3.14. The van der Waals surface area contributed by atoms with Crippen molar-refractivity contribution in [2.24, 2.45) is 0 Å². The average molecular weight is 447 g/mol. The van der Waals surface area contributed by atoms with E-state index in [1.807, 2.05) is 34.0 Å². The molecule has 0 bridgehead atoms. The minimum atomic E-state index is 1.32. The van der Waals surface area contributed by atoms with E-state index in [1.165, 1.54) is 71.3 Å². The molecule has 0 unspecified atom stereocenters. The van der Waals surface area contributed by atoms with Crippen LogP contribution in [-0.2, 0) is 0 Å². The van der Waals surface area contributed by atoms with Crippen LogP contribution in [0.4, 0.5) is 0 Å². The molecule has 3 heterocycles. The third-order valence-electron chi connectivity index (χ3n) is 6.43. The number of hydrogen-bond acceptors (Lipinski definition) is 3. The van der Waals surface area contributed by atoms with Gasteiger partial charge in [0.25, 0.3) is 0 Å². The first-order valence-corrected chi connectivity index (χ1v) is 12.8.